The largest absolute Gasteiger partial charge is 0.467 e. The van der Waals surface area contributed by atoms with Gasteiger partial charge in [0.05, 0.1) is 19.4 Å². The van der Waals surface area contributed by atoms with Crippen molar-refractivity contribution in [2.75, 3.05) is 27.2 Å². The first-order valence-corrected chi connectivity index (χ1v) is 7.78. The maximum absolute atomic E-state index is 12.3. The summed E-state index contributed by atoms with van der Waals surface area (Å²) < 4.78 is 5.29. The van der Waals surface area contributed by atoms with E-state index in [0.717, 1.165) is 12.2 Å². The molecule has 1 amide bonds. The second-order valence-corrected chi connectivity index (χ2v) is 6.09. The number of nitrogens with zero attached hydrogens (tertiary/aromatic N) is 2. The molecule has 5 heteroatoms. The molecule has 1 heterocycles. The molecule has 21 heavy (non-hydrogen) atoms. The van der Waals surface area contributed by atoms with Crippen molar-refractivity contribution in [1.82, 2.24) is 9.80 Å². The van der Waals surface area contributed by atoms with Crippen molar-refractivity contribution in [3.63, 3.8) is 0 Å². The Morgan fingerprint density at radius 1 is 1.38 bits per heavy atom. The minimum atomic E-state index is 0.121. The van der Waals surface area contributed by atoms with Crippen molar-refractivity contribution in [3.05, 3.63) is 24.2 Å². The van der Waals surface area contributed by atoms with Crippen LogP contribution in [0.3, 0.4) is 0 Å². The molecular formula is C16H27N3O2. The van der Waals surface area contributed by atoms with Crippen molar-refractivity contribution < 1.29 is 9.21 Å². The summed E-state index contributed by atoms with van der Waals surface area (Å²) in [6, 6.07) is 4.16. The Hall–Kier alpha value is -1.33. The van der Waals surface area contributed by atoms with Crippen LogP contribution in [-0.4, -0.2) is 48.9 Å². The molecule has 2 rings (SSSR count). The van der Waals surface area contributed by atoms with Crippen LogP contribution in [0.4, 0.5) is 0 Å². The number of hydrogen-bond donors (Lipinski definition) is 1. The van der Waals surface area contributed by atoms with Gasteiger partial charge in [0.25, 0.3) is 0 Å². The first-order valence-electron chi connectivity index (χ1n) is 7.78. The number of rotatable bonds is 6. The zero-order valence-corrected chi connectivity index (χ0v) is 13.1. The molecule has 1 saturated carbocycles. The average molecular weight is 293 g/mol. The minimum Gasteiger partial charge on any atom is -0.467 e. The smallest absolute Gasteiger partial charge is 0.236 e. The third-order valence-electron chi connectivity index (χ3n) is 4.52. The number of nitrogens with two attached hydrogens (primary N) is 1. The predicted octanol–water partition coefficient (Wildman–Crippen LogP) is 1.69. The first-order chi connectivity index (χ1) is 10.1. The van der Waals surface area contributed by atoms with Gasteiger partial charge in [0.15, 0.2) is 0 Å². The molecule has 1 aromatic rings. The normalized spacial score (nSPS) is 22.5. The number of amides is 1. The Labute approximate surface area is 127 Å². The summed E-state index contributed by atoms with van der Waals surface area (Å²) in [6.45, 7) is 1.68. The Kier molecular flexibility index (Phi) is 5.82. The standard InChI is InChI=1S/C16H27N3O2/c1-18(15-8-4-3-6-13(15)10-17)12-16(20)19(2)11-14-7-5-9-21-14/h5,7,9,13,15H,3-4,6,8,10-12,17H2,1-2H3. The van der Waals surface area contributed by atoms with Crippen LogP contribution in [0.15, 0.2) is 22.8 Å². The van der Waals surface area contributed by atoms with Gasteiger partial charge in [-0.3, -0.25) is 9.69 Å². The van der Waals surface area contributed by atoms with Crippen LogP contribution in [0.1, 0.15) is 31.4 Å². The molecule has 0 aromatic carbocycles. The number of carbonyl (C=O) groups excluding carboxylic acids is 1. The van der Waals surface area contributed by atoms with Crippen LogP contribution in [0.25, 0.3) is 0 Å². The first kappa shape index (κ1) is 16.0. The van der Waals surface area contributed by atoms with E-state index < -0.39 is 0 Å². The van der Waals surface area contributed by atoms with Crippen molar-refractivity contribution >= 4 is 5.91 Å². The molecule has 1 aliphatic carbocycles. The minimum absolute atomic E-state index is 0.121. The highest BCUT2D eigenvalue weighted by Gasteiger charge is 2.28. The van der Waals surface area contributed by atoms with Gasteiger partial charge in [0, 0.05) is 13.1 Å². The van der Waals surface area contributed by atoms with Crippen molar-refractivity contribution in [2.24, 2.45) is 11.7 Å². The van der Waals surface area contributed by atoms with E-state index >= 15 is 0 Å². The van der Waals surface area contributed by atoms with E-state index in [-0.39, 0.29) is 5.91 Å². The van der Waals surface area contributed by atoms with Crippen molar-refractivity contribution in [3.8, 4) is 0 Å². The molecule has 1 aliphatic rings. The van der Waals surface area contributed by atoms with Gasteiger partial charge in [0.1, 0.15) is 5.76 Å². The molecule has 2 unspecified atom stereocenters. The molecule has 1 fully saturated rings. The van der Waals surface area contributed by atoms with Crippen LogP contribution in [0.2, 0.25) is 0 Å². The highest BCUT2D eigenvalue weighted by atomic mass is 16.3. The topological polar surface area (TPSA) is 62.7 Å². The third-order valence-corrected chi connectivity index (χ3v) is 4.52. The van der Waals surface area contributed by atoms with E-state index in [1.165, 1.54) is 19.3 Å². The number of likely N-dealkylation sites (N-methyl/N-ethyl adjacent to an activating group) is 2. The van der Waals surface area contributed by atoms with Crippen LogP contribution in [0.5, 0.6) is 0 Å². The summed E-state index contributed by atoms with van der Waals surface area (Å²) in [5.41, 5.74) is 5.88. The quantitative estimate of drug-likeness (QED) is 0.867. The molecule has 1 aromatic heterocycles. The lowest BCUT2D eigenvalue weighted by Crippen LogP contribution is -2.47. The summed E-state index contributed by atoms with van der Waals surface area (Å²) in [4.78, 5) is 16.2. The molecule has 0 spiro atoms. The van der Waals surface area contributed by atoms with Gasteiger partial charge in [-0.1, -0.05) is 12.8 Å². The second-order valence-electron chi connectivity index (χ2n) is 6.09. The fourth-order valence-corrected chi connectivity index (χ4v) is 3.22. The Bertz CT molecular complexity index is 433. The summed E-state index contributed by atoms with van der Waals surface area (Å²) in [5, 5.41) is 0. The molecule has 5 nitrogen and oxygen atoms in total. The Morgan fingerprint density at radius 3 is 2.81 bits per heavy atom. The van der Waals surface area contributed by atoms with E-state index in [0.29, 0.717) is 31.6 Å². The second kappa shape index (κ2) is 7.61. The SMILES string of the molecule is CN(Cc1ccco1)C(=O)CN(C)C1CCCCC1CN. The van der Waals surface area contributed by atoms with Crippen LogP contribution >= 0.6 is 0 Å². The van der Waals surface area contributed by atoms with Gasteiger partial charge in [-0.15, -0.1) is 0 Å². The van der Waals surface area contributed by atoms with Crippen molar-refractivity contribution in [2.45, 2.75) is 38.3 Å². The zero-order chi connectivity index (χ0) is 15.2. The zero-order valence-electron chi connectivity index (χ0n) is 13.1. The van der Waals surface area contributed by atoms with Gasteiger partial charge in [-0.2, -0.15) is 0 Å². The summed E-state index contributed by atoms with van der Waals surface area (Å²) in [7, 11) is 3.86. The van der Waals surface area contributed by atoms with Crippen molar-refractivity contribution in [1.29, 1.82) is 0 Å². The molecule has 2 atom stereocenters. The van der Waals surface area contributed by atoms with E-state index in [2.05, 4.69) is 4.90 Å². The monoisotopic (exact) mass is 293 g/mol. The van der Waals surface area contributed by atoms with Crippen LogP contribution in [-0.2, 0) is 11.3 Å². The molecule has 118 valence electrons. The van der Waals surface area contributed by atoms with Crippen LogP contribution < -0.4 is 5.73 Å². The fraction of sp³-hybridized carbons (Fsp3) is 0.688. The van der Waals surface area contributed by atoms with E-state index in [9.17, 15) is 4.79 Å². The molecule has 2 N–H and O–H groups in total. The Balaban J connectivity index is 1.85. The highest BCUT2D eigenvalue weighted by molar-refractivity contribution is 5.77. The lowest BCUT2D eigenvalue weighted by molar-refractivity contribution is -0.132. The van der Waals surface area contributed by atoms with Crippen LogP contribution in [0, 0.1) is 5.92 Å². The van der Waals surface area contributed by atoms with Gasteiger partial charge in [0.2, 0.25) is 5.91 Å². The van der Waals surface area contributed by atoms with Gasteiger partial charge in [-0.05, 0) is 44.5 Å². The average Bonchev–Trinajstić information content (AvgIpc) is 2.99. The van der Waals surface area contributed by atoms with Gasteiger partial charge >= 0.3 is 0 Å². The molecule has 0 radical (unpaired) electrons. The maximum atomic E-state index is 12.3. The number of carbonyl (C=O) groups is 1. The number of hydrogen-bond acceptors (Lipinski definition) is 4. The molecular weight excluding hydrogens is 266 g/mol. The predicted molar refractivity (Wildman–Crippen MR) is 82.6 cm³/mol. The maximum Gasteiger partial charge on any atom is 0.236 e. The summed E-state index contributed by atoms with van der Waals surface area (Å²) in [5.74, 6) is 1.45. The highest BCUT2D eigenvalue weighted by Crippen LogP contribution is 2.27. The summed E-state index contributed by atoms with van der Waals surface area (Å²) >= 11 is 0. The lowest BCUT2D eigenvalue weighted by atomic mass is 9.84. The van der Waals surface area contributed by atoms with Gasteiger partial charge < -0.3 is 15.1 Å². The van der Waals surface area contributed by atoms with E-state index in [1.807, 2.05) is 26.2 Å². The Morgan fingerprint density at radius 2 is 2.14 bits per heavy atom. The van der Waals surface area contributed by atoms with E-state index in [4.69, 9.17) is 10.2 Å². The number of furan rings is 1. The molecule has 0 aliphatic heterocycles. The molecule has 0 saturated heterocycles. The van der Waals surface area contributed by atoms with E-state index in [1.54, 1.807) is 11.2 Å². The molecule has 0 bridgehead atoms. The lowest BCUT2D eigenvalue weighted by Gasteiger charge is -2.37. The summed E-state index contributed by atoms with van der Waals surface area (Å²) in [6.07, 6.45) is 6.46. The third kappa shape index (κ3) is 4.32. The fourth-order valence-electron chi connectivity index (χ4n) is 3.22. The van der Waals surface area contributed by atoms with Gasteiger partial charge in [-0.25, -0.2) is 0 Å².